The van der Waals surface area contributed by atoms with Crippen molar-refractivity contribution in [2.75, 3.05) is 39.8 Å². The molecule has 19 heavy (non-hydrogen) atoms. The Bertz CT molecular complexity index is 358. The highest BCUT2D eigenvalue weighted by atomic mass is 16.4. The van der Waals surface area contributed by atoms with Gasteiger partial charge in [-0.05, 0) is 20.9 Å². The molecule has 1 rings (SSSR count). The zero-order valence-corrected chi connectivity index (χ0v) is 11.8. The van der Waals surface area contributed by atoms with Crippen molar-refractivity contribution < 1.29 is 14.7 Å². The smallest absolute Gasteiger partial charge is 0.328 e. The van der Waals surface area contributed by atoms with Crippen LogP contribution in [-0.2, 0) is 9.59 Å². The minimum Gasteiger partial charge on any atom is -0.478 e. The highest BCUT2D eigenvalue weighted by molar-refractivity contribution is 5.93. The second kappa shape index (κ2) is 6.68. The summed E-state index contributed by atoms with van der Waals surface area (Å²) < 4.78 is 0. The molecule has 1 amide bonds. The Morgan fingerprint density at radius 1 is 1.21 bits per heavy atom. The van der Waals surface area contributed by atoms with Crippen molar-refractivity contribution in [3.05, 3.63) is 12.2 Å². The first-order valence-electron chi connectivity index (χ1n) is 6.44. The lowest BCUT2D eigenvalue weighted by atomic mass is 10.0. The Hall–Kier alpha value is -1.40. The van der Waals surface area contributed by atoms with E-state index in [2.05, 4.69) is 36.0 Å². The molecule has 6 nitrogen and oxygen atoms in total. The fraction of sp³-hybridized carbons (Fsp3) is 0.692. The number of hydrogen-bond acceptors (Lipinski definition) is 4. The van der Waals surface area contributed by atoms with E-state index in [4.69, 9.17) is 5.11 Å². The normalized spacial score (nSPS) is 18.7. The van der Waals surface area contributed by atoms with E-state index in [1.807, 2.05) is 0 Å². The summed E-state index contributed by atoms with van der Waals surface area (Å²) in [7, 11) is 2.10. The van der Waals surface area contributed by atoms with Crippen molar-refractivity contribution in [3.63, 3.8) is 0 Å². The maximum atomic E-state index is 11.4. The first-order valence-corrected chi connectivity index (χ1v) is 6.44. The zero-order chi connectivity index (χ0) is 14.5. The molecule has 0 atom stereocenters. The molecule has 0 aromatic carbocycles. The summed E-state index contributed by atoms with van der Waals surface area (Å²) in [6, 6.07) is 0. The number of carboxylic acid groups (broad SMARTS) is 1. The molecule has 1 saturated heterocycles. The maximum absolute atomic E-state index is 11.4. The van der Waals surface area contributed by atoms with Crippen LogP contribution in [0.25, 0.3) is 0 Å². The van der Waals surface area contributed by atoms with Gasteiger partial charge in [0.2, 0.25) is 5.91 Å². The van der Waals surface area contributed by atoms with E-state index in [1.165, 1.54) is 0 Å². The highest BCUT2D eigenvalue weighted by Crippen LogP contribution is 2.15. The molecule has 1 aliphatic rings. The molecular formula is C13H23N3O3. The molecule has 1 heterocycles. The molecule has 1 aliphatic heterocycles. The van der Waals surface area contributed by atoms with Crippen LogP contribution in [0.2, 0.25) is 0 Å². The van der Waals surface area contributed by atoms with E-state index in [0.29, 0.717) is 6.54 Å². The third-order valence-electron chi connectivity index (χ3n) is 3.43. The number of rotatable bonds is 5. The van der Waals surface area contributed by atoms with Crippen LogP contribution in [0.4, 0.5) is 0 Å². The van der Waals surface area contributed by atoms with Gasteiger partial charge in [-0.1, -0.05) is 0 Å². The average molecular weight is 269 g/mol. The molecule has 0 aliphatic carbocycles. The topological polar surface area (TPSA) is 72.9 Å². The van der Waals surface area contributed by atoms with E-state index >= 15 is 0 Å². The van der Waals surface area contributed by atoms with Gasteiger partial charge in [-0.2, -0.15) is 0 Å². The van der Waals surface area contributed by atoms with Crippen LogP contribution in [0, 0.1) is 0 Å². The number of amides is 1. The molecule has 0 unspecified atom stereocenters. The summed E-state index contributed by atoms with van der Waals surface area (Å²) in [6.07, 6.45) is 1.89. The predicted molar refractivity (Wildman–Crippen MR) is 72.9 cm³/mol. The molecule has 1 fully saturated rings. The number of carbonyl (C=O) groups excluding carboxylic acids is 1. The number of aliphatic carboxylic acids is 1. The summed E-state index contributed by atoms with van der Waals surface area (Å²) in [6.45, 7) is 8.67. The Morgan fingerprint density at radius 2 is 1.79 bits per heavy atom. The van der Waals surface area contributed by atoms with Crippen LogP contribution in [0.3, 0.4) is 0 Å². The van der Waals surface area contributed by atoms with E-state index in [0.717, 1.165) is 38.3 Å². The fourth-order valence-electron chi connectivity index (χ4n) is 2.03. The minimum absolute atomic E-state index is 0.131. The van der Waals surface area contributed by atoms with E-state index < -0.39 is 5.97 Å². The SMILES string of the molecule is CN1CCN(C(C)(C)CNC(=O)/C=C/C(=O)O)CC1. The number of nitrogens with one attached hydrogen (secondary N) is 1. The number of hydrogen-bond donors (Lipinski definition) is 2. The molecular weight excluding hydrogens is 246 g/mol. The second-order valence-corrected chi connectivity index (χ2v) is 5.49. The molecule has 0 saturated carbocycles. The molecule has 0 aromatic heterocycles. The van der Waals surface area contributed by atoms with E-state index in [1.54, 1.807) is 0 Å². The lowest BCUT2D eigenvalue weighted by Crippen LogP contribution is -2.57. The predicted octanol–water partition coefficient (Wildman–Crippen LogP) is -0.231. The number of nitrogens with zero attached hydrogens (tertiary/aromatic N) is 2. The molecule has 2 N–H and O–H groups in total. The zero-order valence-electron chi connectivity index (χ0n) is 11.8. The quantitative estimate of drug-likeness (QED) is 0.675. The van der Waals surface area contributed by atoms with Crippen LogP contribution in [-0.4, -0.2) is 72.1 Å². The van der Waals surface area contributed by atoms with Crippen LogP contribution < -0.4 is 5.32 Å². The Balaban J connectivity index is 2.42. The first-order chi connectivity index (χ1) is 8.81. The van der Waals surface area contributed by atoms with Crippen LogP contribution >= 0.6 is 0 Å². The van der Waals surface area contributed by atoms with Gasteiger partial charge in [0, 0.05) is 50.4 Å². The number of likely N-dealkylation sites (N-methyl/N-ethyl adjacent to an activating group) is 1. The van der Waals surface area contributed by atoms with Gasteiger partial charge in [-0.3, -0.25) is 9.69 Å². The van der Waals surface area contributed by atoms with Crippen molar-refractivity contribution >= 4 is 11.9 Å². The van der Waals surface area contributed by atoms with Gasteiger partial charge in [-0.15, -0.1) is 0 Å². The van der Waals surface area contributed by atoms with Crippen molar-refractivity contribution in [2.24, 2.45) is 0 Å². The second-order valence-electron chi connectivity index (χ2n) is 5.49. The van der Waals surface area contributed by atoms with Crippen molar-refractivity contribution in [1.29, 1.82) is 0 Å². The van der Waals surface area contributed by atoms with Gasteiger partial charge in [0.1, 0.15) is 0 Å². The van der Waals surface area contributed by atoms with Gasteiger partial charge in [0.15, 0.2) is 0 Å². The molecule has 0 radical (unpaired) electrons. The monoisotopic (exact) mass is 269 g/mol. The summed E-state index contributed by atoms with van der Waals surface area (Å²) in [5, 5.41) is 11.2. The minimum atomic E-state index is -1.12. The maximum Gasteiger partial charge on any atom is 0.328 e. The van der Waals surface area contributed by atoms with Gasteiger partial charge in [0.05, 0.1) is 0 Å². The van der Waals surface area contributed by atoms with Gasteiger partial charge >= 0.3 is 5.97 Å². The van der Waals surface area contributed by atoms with E-state index in [9.17, 15) is 9.59 Å². The first kappa shape index (κ1) is 15.7. The number of carbonyl (C=O) groups is 2. The van der Waals surface area contributed by atoms with Gasteiger partial charge < -0.3 is 15.3 Å². The van der Waals surface area contributed by atoms with Crippen LogP contribution in [0.15, 0.2) is 12.2 Å². The van der Waals surface area contributed by atoms with Gasteiger partial charge in [-0.25, -0.2) is 4.79 Å². The van der Waals surface area contributed by atoms with E-state index in [-0.39, 0.29) is 11.4 Å². The molecule has 6 heteroatoms. The third kappa shape index (κ3) is 5.40. The summed E-state index contributed by atoms with van der Waals surface area (Å²) >= 11 is 0. The standard InChI is InChI=1S/C13H23N3O3/c1-13(2,16-8-6-15(3)7-9-16)10-14-11(17)4-5-12(18)19/h4-5H,6-10H2,1-3H3,(H,14,17)(H,18,19)/b5-4+. The fourth-order valence-corrected chi connectivity index (χ4v) is 2.03. The van der Waals surface area contributed by atoms with Crippen molar-refractivity contribution in [2.45, 2.75) is 19.4 Å². The lowest BCUT2D eigenvalue weighted by Gasteiger charge is -2.43. The molecule has 108 valence electrons. The van der Waals surface area contributed by atoms with Crippen LogP contribution in [0.5, 0.6) is 0 Å². The summed E-state index contributed by atoms with van der Waals surface area (Å²) in [4.78, 5) is 26.4. The largest absolute Gasteiger partial charge is 0.478 e. The Morgan fingerprint density at radius 3 is 2.32 bits per heavy atom. The number of carboxylic acids is 1. The molecule has 0 spiro atoms. The van der Waals surface area contributed by atoms with Gasteiger partial charge in [0.25, 0.3) is 0 Å². The third-order valence-corrected chi connectivity index (χ3v) is 3.43. The Kier molecular flexibility index (Phi) is 5.50. The summed E-state index contributed by atoms with van der Waals surface area (Å²) in [5.41, 5.74) is -0.131. The molecule has 0 aromatic rings. The average Bonchev–Trinajstić information content (AvgIpc) is 2.34. The highest BCUT2D eigenvalue weighted by Gasteiger charge is 2.29. The Labute approximate surface area is 114 Å². The number of piperazine rings is 1. The summed E-state index contributed by atoms with van der Waals surface area (Å²) in [5.74, 6) is -1.49. The molecule has 0 bridgehead atoms. The lowest BCUT2D eigenvalue weighted by molar-refractivity contribution is -0.131. The van der Waals surface area contributed by atoms with Crippen molar-refractivity contribution in [1.82, 2.24) is 15.1 Å². The van der Waals surface area contributed by atoms with Crippen molar-refractivity contribution in [3.8, 4) is 0 Å². The van der Waals surface area contributed by atoms with Crippen LogP contribution in [0.1, 0.15) is 13.8 Å².